The number of carbonyl (C=O) groups is 2. The first-order valence-corrected chi connectivity index (χ1v) is 9.63. The number of carbonyl (C=O) groups excluding carboxylic acids is 2. The first-order valence-electron chi connectivity index (χ1n) is 9.63. The summed E-state index contributed by atoms with van der Waals surface area (Å²) in [7, 11) is 0. The van der Waals surface area contributed by atoms with Crippen molar-refractivity contribution in [2.45, 2.75) is 52.4 Å². The quantitative estimate of drug-likeness (QED) is 0.524. The molecule has 140 valence electrons. The Bertz CT molecular complexity index is 321. The molecule has 1 aliphatic heterocycles. The lowest BCUT2D eigenvalue weighted by Gasteiger charge is -2.34. The summed E-state index contributed by atoms with van der Waals surface area (Å²) >= 11 is 0. The Morgan fingerprint density at radius 2 is 1.12 bits per heavy atom. The fraction of sp³-hybridized carbons (Fsp3) is 0.889. The molecule has 2 N–H and O–H groups in total. The van der Waals surface area contributed by atoms with E-state index in [-0.39, 0.29) is 11.8 Å². The van der Waals surface area contributed by atoms with E-state index in [4.69, 9.17) is 0 Å². The number of rotatable bonds is 12. The monoisotopic (exact) mass is 340 g/mol. The van der Waals surface area contributed by atoms with Crippen molar-refractivity contribution >= 4 is 11.8 Å². The summed E-state index contributed by atoms with van der Waals surface area (Å²) in [6, 6.07) is 0. The molecule has 0 spiro atoms. The zero-order valence-corrected chi connectivity index (χ0v) is 15.6. The molecule has 24 heavy (non-hydrogen) atoms. The van der Waals surface area contributed by atoms with Gasteiger partial charge in [-0.2, -0.15) is 0 Å². The van der Waals surface area contributed by atoms with Crippen molar-refractivity contribution in [2.24, 2.45) is 0 Å². The molecule has 0 aromatic carbocycles. The first kappa shape index (κ1) is 20.9. The Morgan fingerprint density at radius 3 is 1.46 bits per heavy atom. The van der Waals surface area contributed by atoms with Crippen molar-refractivity contribution in [3.63, 3.8) is 0 Å². The minimum Gasteiger partial charge on any atom is -0.356 e. The van der Waals surface area contributed by atoms with E-state index in [1.165, 1.54) is 0 Å². The van der Waals surface area contributed by atoms with E-state index in [2.05, 4.69) is 20.4 Å². The largest absolute Gasteiger partial charge is 0.356 e. The SMILES string of the molecule is CCCC(=O)NCCCN1CCN(CCCNC(=O)CCC)CC1. The van der Waals surface area contributed by atoms with E-state index in [1.54, 1.807) is 0 Å². The summed E-state index contributed by atoms with van der Waals surface area (Å²) in [6.45, 7) is 12.2. The van der Waals surface area contributed by atoms with Gasteiger partial charge in [0.05, 0.1) is 0 Å². The Morgan fingerprint density at radius 1 is 0.750 bits per heavy atom. The third-order valence-corrected chi connectivity index (χ3v) is 4.37. The average molecular weight is 341 g/mol. The van der Waals surface area contributed by atoms with Gasteiger partial charge in [-0.1, -0.05) is 13.8 Å². The highest BCUT2D eigenvalue weighted by molar-refractivity contribution is 5.76. The summed E-state index contributed by atoms with van der Waals surface area (Å²) in [5.74, 6) is 0.349. The van der Waals surface area contributed by atoms with Crippen LogP contribution in [0.4, 0.5) is 0 Å². The minimum atomic E-state index is 0.174. The van der Waals surface area contributed by atoms with Crippen LogP contribution in [0.5, 0.6) is 0 Å². The number of hydrogen-bond donors (Lipinski definition) is 2. The second-order valence-electron chi connectivity index (χ2n) is 6.59. The maximum absolute atomic E-state index is 11.4. The summed E-state index contributed by atoms with van der Waals surface area (Å²) in [5.41, 5.74) is 0. The predicted octanol–water partition coefficient (Wildman–Crippen LogP) is 1.22. The minimum absolute atomic E-state index is 0.174. The van der Waals surface area contributed by atoms with Gasteiger partial charge in [-0.25, -0.2) is 0 Å². The van der Waals surface area contributed by atoms with Crippen molar-refractivity contribution in [1.82, 2.24) is 20.4 Å². The fourth-order valence-electron chi connectivity index (χ4n) is 2.93. The molecular formula is C18H36N4O2. The highest BCUT2D eigenvalue weighted by Gasteiger charge is 2.15. The van der Waals surface area contributed by atoms with Crippen molar-refractivity contribution < 1.29 is 9.59 Å². The summed E-state index contributed by atoms with van der Waals surface area (Å²) < 4.78 is 0. The summed E-state index contributed by atoms with van der Waals surface area (Å²) in [6.07, 6.45) is 5.15. The highest BCUT2D eigenvalue weighted by Crippen LogP contribution is 2.03. The Labute approximate surface area is 147 Å². The molecule has 1 fully saturated rings. The van der Waals surface area contributed by atoms with Crippen LogP contribution in [0.1, 0.15) is 52.4 Å². The maximum Gasteiger partial charge on any atom is 0.219 e. The van der Waals surface area contributed by atoms with Crippen molar-refractivity contribution in [1.29, 1.82) is 0 Å². The molecule has 0 atom stereocenters. The molecule has 6 heteroatoms. The smallest absolute Gasteiger partial charge is 0.219 e. The zero-order valence-electron chi connectivity index (χ0n) is 15.6. The van der Waals surface area contributed by atoms with Gasteiger partial charge in [0.1, 0.15) is 0 Å². The van der Waals surface area contributed by atoms with Crippen molar-refractivity contribution in [3.05, 3.63) is 0 Å². The van der Waals surface area contributed by atoms with Gasteiger partial charge in [-0.3, -0.25) is 9.59 Å². The highest BCUT2D eigenvalue weighted by atomic mass is 16.2. The summed E-state index contributed by atoms with van der Waals surface area (Å²) in [5, 5.41) is 5.95. The molecule has 1 rings (SSSR count). The standard InChI is InChI=1S/C18H36N4O2/c1-3-7-17(23)19-9-5-11-21-13-15-22(16-14-21)12-6-10-20-18(24)8-4-2/h3-16H2,1-2H3,(H,19,23)(H,20,24). The Hall–Kier alpha value is -1.14. The van der Waals surface area contributed by atoms with Crippen LogP contribution in [0.3, 0.4) is 0 Å². The predicted molar refractivity (Wildman–Crippen MR) is 97.9 cm³/mol. The van der Waals surface area contributed by atoms with Crippen molar-refractivity contribution in [3.8, 4) is 0 Å². The van der Waals surface area contributed by atoms with E-state index in [1.807, 2.05) is 13.8 Å². The molecule has 0 bridgehead atoms. The maximum atomic E-state index is 11.4. The number of amides is 2. The van der Waals surface area contributed by atoms with Gasteiger partial charge in [0.15, 0.2) is 0 Å². The van der Waals surface area contributed by atoms with Crippen LogP contribution in [0.25, 0.3) is 0 Å². The Balaban J connectivity index is 1.98. The fourth-order valence-corrected chi connectivity index (χ4v) is 2.93. The van der Waals surface area contributed by atoms with Gasteiger partial charge in [0.25, 0.3) is 0 Å². The molecule has 2 amide bonds. The molecule has 0 aliphatic carbocycles. The Kier molecular flexibility index (Phi) is 11.5. The lowest BCUT2D eigenvalue weighted by atomic mass is 10.2. The van der Waals surface area contributed by atoms with E-state index in [0.717, 1.165) is 78.0 Å². The molecule has 0 radical (unpaired) electrons. The van der Waals surface area contributed by atoms with Crippen LogP contribution >= 0.6 is 0 Å². The molecule has 0 aromatic rings. The number of nitrogens with one attached hydrogen (secondary N) is 2. The molecule has 0 aromatic heterocycles. The summed E-state index contributed by atoms with van der Waals surface area (Å²) in [4.78, 5) is 27.7. The topological polar surface area (TPSA) is 64.7 Å². The molecular weight excluding hydrogens is 304 g/mol. The van der Waals surface area contributed by atoms with Crippen LogP contribution in [-0.2, 0) is 9.59 Å². The van der Waals surface area contributed by atoms with Gasteiger partial charge < -0.3 is 20.4 Å². The van der Waals surface area contributed by atoms with Crippen LogP contribution < -0.4 is 10.6 Å². The third-order valence-electron chi connectivity index (χ3n) is 4.37. The third kappa shape index (κ3) is 9.88. The van der Waals surface area contributed by atoms with Crippen LogP contribution in [0, 0.1) is 0 Å². The van der Waals surface area contributed by atoms with Crippen LogP contribution in [0.2, 0.25) is 0 Å². The van der Waals surface area contributed by atoms with Gasteiger partial charge in [0, 0.05) is 52.1 Å². The molecule has 0 saturated carbocycles. The second kappa shape index (κ2) is 13.2. The van der Waals surface area contributed by atoms with Crippen LogP contribution in [-0.4, -0.2) is 74.0 Å². The van der Waals surface area contributed by atoms with E-state index < -0.39 is 0 Å². The molecule has 1 heterocycles. The number of hydrogen-bond acceptors (Lipinski definition) is 4. The van der Waals surface area contributed by atoms with Crippen LogP contribution in [0.15, 0.2) is 0 Å². The van der Waals surface area contributed by atoms with Gasteiger partial charge in [-0.15, -0.1) is 0 Å². The van der Waals surface area contributed by atoms with Gasteiger partial charge in [-0.05, 0) is 38.8 Å². The lowest BCUT2D eigenvalue weighted by Crippen LogP contribution is -2.47. The lowest BCUT2D eigenvalue weighted by molar-refractivity contribution is -0.122. The molecule has 1 saturated heterocycles. The molecule has 6 nitrogen and oxygen atoms in total. The number of nitrogens with zero attached hydrogens (tertiary/aromatic N) is 2. The van der Waals surface area contributed by atoms with E-state index >= 15 is 0 Å². The average Bonchev–Trinajstić information content (AvgIpc) is 2.57. The molecule has 1 aliphatic rings. The van der Waals surface area contributed by atoms with Crippen molar-refractivity contribution in [2.75, 3.05) is 52.4 Å². The van der Waals surface area contributed by atoms with E-state index in [9.17, 15) is 9.59 Å². The zero-order chi connectivity index (χ0) is 17.6. The molecule has 0 unspecified atom stereocenters. The van der Waals surface area contributed by atoms with Gasteiger partial charge >= 0.3 is 0 Å². The van der Waals surface area contributed by atoms with Gasteiger partial charge in [0.2, 0.25) is 11.8 Å². The van der Waals surface area contributed by atoms with E-state index in [0.29, 0.717) is 12.8 Å². The first-order chi connectivity index (χ1) is 11.7. The number of piperazine rings is 1. The second-order valence-corrected chi connectivity index (χ2v) is 6.59. The normalized spacial score (nSPS) is 16.1.